The van der Waals surface area contributed by atoms with Crippen molar-refractivity contribution in [1.29, 1.82) is 0 Å². The first-order chi connectivity index (χ1) is 7.67. The lowest BCUT2D eigenvalue weighted by atomic mass is 10.2. The van der Waals surface area contributed by atoms with Gasteiger partial charge in [0.15, 0.2) is 0 Å². The summed E-state index contributed by atoms with van der Waals surface area (Å²) in [5.41, 5.74) is 0.649. The number of nitrogens with zero attached hydrogens (tertiary/aromatic N) is 1. The number of hydrogen-bond donors (Lipinski definition) is 0. The Balaban J connectivity index is 2.40. The molecule has 0 bridgehead atoms. The molecule has 0 radical (unpaired) electrons. The zero-order valence-corrected chi connectivity index (χ0v) is 10.3. The van der Waals surface area contributed by atoms with E-state index in [1.54, 1.807) is 19.1 Å². The first kappa shape index (κ1) is 13.0. The average Bonchev–Trinajstić information content (AvgIpc) is 2.29. The Morgan fingerprint density at radius 1 is 1.25 bits per heavy atom. The molecule has 90 valence electrons. The van der Waals surface area contributed by atoms with E-state index in [1.807, 2.05) is 0 Å². The van der Waals surface area contributed by atoms with Gasteiger partial charge >= 0.3 is 0 Å². The Bertz CT molecular complexity index is 324. The third-order valence-electron chi connectivity index (χ3n) is 2.71. The molecule has 0 aliphatic carbocycles. The molecule has 0 aliphatic heterocycles. The molecule has 0 N–H and O–H groups in total. The Morgan fingerprint density at radius 2 is 1.94 bits per heavy atom. The number of hydrogen-bond acceptors (Lipinski definition) is 2. The molecular weight excluding hydrogens is 205 g/mol. The smallest absolute Gasteiger partial charge is 0.129 e. The highest BCUT2D eigenvalue weighted by Gasteiger charge is 2.02. The van der Waals surface area contributed by atoms with Crippen molar-refractivity contribution in [3.63, 3.8) is 0 Å². The van der Waals surface area contributed by atoms with Crippen molar-refractivity contribution in [2.24, 2.45) is 0 Å². The van der Waals surface area contributed by atoms with Gasteiger partial charge in [-0.3, -0.25) is 0 Å². The van der Waals surface area contributed by atoms with Crippen molar-refractivity contribution in [2.45, 2.75) is 20.8 Å². The number of benzene rings is 1. The zero-order valence-electron chi connectivity index (χ0n) is 10.3. The largest absolute Gasteiger partial charge is 0.492 e. The van der Waals surface area contributed by atoms with Crippen molar-refractivity contribution in [3.05, 3.63) is 29.6 Å². The van der Waals surface area contributed by atoms with Gasteiger partial charge in [-0.25, -0.2) is 4.39 Å². The lowest BCUT2D eigenvalue weighted by Gasteiger charge is -2.18. The lowest BCUT2D eigenvalue weighted by Crippen LogP contribution is -2.27. The highest BCUT2D eigenvalue weighted by atomic mass is 19.1. The number of rotatable bonds is 6. The van der Waals surface area contributed by atoms with Gasteiger partial charge in [0.2, 0.25) is 0 Å². The summed E-state index contributed by atoms with van der Waals surface area (Å²) < 4.78 is 18.7. The molecule has 0 unspecified atom stereocenters. The summed E-state index contributed by atoms with van der Waals surface area (Å²) in [6.07, 6.45) is 0. The fourth-order valence-electron chi connectivity index (χ4n) is 1.50. The van der Waals surface area contributed by atoms with E-state index in [4.69, 9.17) is 4.74 Å². The topological polar surface area (TPSA) is 12.5 Å². The van der Waals surface area contributed by atoms with Crippen LogP contribution >= 0.6 is 0 Å². The van der Waals surface area contributed by atoms with Crippen molar-refractivity contribution in [3.8, 4) is 5.75 Å². The molecule has 0 amide bonds. The van der Waals surface area contributed by atoms with Crippen molar-refractivity contribution in [1.82, 2.24) is 4.90 Å². The summed E-state index contributed by atoms with van der Waals surface area (Å²) in [6.45, 7) is 9.50. The molecule has 0 aromatic heterocycles. The minimum absolute atomic E-state index is 0.208. The van der Waals surface area contributed by atoms with Gasteiger partial charge in [-0.2, -0.15) is 0 Å². The van der Waals surface area contributed by atoms with Gasteiger partial charge in [-0.15, -0.1) is 0 Å². The predicted octanol–water partition coefficient (Wildman–Crippen LogP) is 2.85. The standard InChI is InChI=1S/C13H20FNO/c1-4-15(5-2)8-9-16-12-7-6-11(3)13(14)10-12/h6-7,10H,4-5,8-9H2,1-3H3. The fraction of sp³-hybridized carbons (Fsp3) is 0.538. The third kappa shape index (κ3) is 3.81. The van der Waals surface area contributed by atoms with Crippen LogP contribution in [0.15, 0.2) is 18.2 Å². The molecular formula is C13H20FNO. The van der Waals surface area contributed by atoms with E-state index in [0.717, 1.165) is 19.6 Å². The van der Waals surface area contributed by atoms with Gasteiger partial charge in [0, 0.05) is 12.6 Å². The average molecular weight is 225 g/mol. The molecule has 2 nitrogen and oxygen atoms in total. The molecule has 0 spiro atoms. The molecule has 0 atom stereocenters. The minimum Gasteiger partial charge on any atom is -0.492 e. The van der Waals surface area contributed by atoms with Crippen LogP contribution in [0, 0.1) is 12.7 Å². The Morgan fingerprint density at radius 3 is 2.50 bits per heavy atom. The van der Waals surface area contributed by atoms with Crippen LogP contribution in [0.1, 0.15) is 19.4 Å². The maximum Gasteiger partial charge on any atom is 0.129 e. The molecule has 0 saturated carbocycles. The fourth-order valence-corrected chi connectivity index (χ4v) is 1.50. The Labute approximate surface area is 97.0 Å². The van der Waals surface area contributed by atoms with Crippen LogP contribution in [0.4, 0.5) is 4.39 Å². The molecule has 16 heavy (non-hydrogen) atoms. The first-order valence-electron chi connectivity index (χ1n) is 5.78. The summed E-state index contributed by atoms with van der Waals surface area (Å²) in [6, 6.07) is 4.99. The zero-order chi connectivity index (χ0) is 12.0. The first-order valence-corrected chi connectivity index (χ1v) is 5.78. The molecule has 3 heteroatoms. The van der Waals surface area contributed by atoms with Gasteiger partial charge in [0.1, 0.15) is 18.2 Å². The monoisotopic (exact) mass is 225 g/mol. The summed E-state index contributed by atoms with van der Waals surface area (Å²) in [5.74, 6) is 0.399. The van der Waals surface area contributed by atoms with Gasteiger partial charge in [0.05, 0.1) is 0 Å². The van der Waals surface area contributed by atoms with Crippen LogP contribution in [0.3, 0.4) is 0 Å². The van der Waals surface area contributed by atoms with Crippen LogP contribution in [0.2, 0.25) is 0 Å². The third-order valence-corrected chi connectivity index (χ3v) is 2.71. The summed E-state index contributed by atoms with van der Waals surface area (Å²) >= 11 is 0. The summed E-state index contributed by atoms with van der Waals surface area (Å²) in [4.78, 5) is 2.27. The van der Waals surface area contributed by atoms with Crippen LogP contribution in [0.5, 0.6) is 5.75 Å². The quantitative estimate of drug-likeness (QED) is 0.738. The van der Waals surface area contributed by atoms with Crippen LogP contribution in [-0.4, -0.2) is 31.1 Å². The van der Waals surface area contributed by atoms with Gasteiger partial charge in [-0.1, -0.05) is 19.9 Å². The summed E-state index contributed by atoms with van der Waals surface area (Å²) in [5, 5.41) is 0. The number of ether oxygens (including phenoxy) is 1. The van der Waals surface area contributed by atoms with E-state index in [9.17, 15) is 4.39 Å². The van der Waals surface area contributed by atoms with Crippen LogP contribution in [-0.2, 0) is 0 Å². The Kier molecular flexibility index (Phi) is 5.26. The number of likely N-dealkylation sites (N-methyl/N-ethyl adjacent to an activating group) is 1. The summed E-state index contributed by atoms with van der Waals surface area (Å²) in [7, 11) is 0. The molecule has 0 saturated heterocycles. The van der Waals surface area contributed by atoms with E-state index in [0.29, 0.717) is 17.9 Å². The number of aryl methyl sites for hydroxylation is 1. The Hall–Kier alpha value is -1.09. The SMILES string of the molecule is CCN(CC)CCOc1ccc(C)c(F)c1. The molecule has 0 fully saturated rings. The molecule has 0 aliphatic rings. The highest BCUT2D eigenvalue weighted by molar-refractivity contribution is 5.27. The van der Waals surface area contributed by atoms with Gasteiger partial charge in [-0.05, 0) is 31.6 Å². The molecule has 1 aromatic carbocycles. The van der Waals surface area contributed by atoms with Crippen LogP contribution < -0.4 is 4.74 Å². The predicted molar refractivity (Wildman–Crippen MR) is 64.4 cm³/mol. The van der Waals surface area contributed by atoms with Gasteiger partial charge in [0.25, 0.3) is 0 Å². The van der Waals surface area contributed by atoms with Crippen molar-refractivity contribution in [2.75, 3.05) is 26.2 Å². The van der Waals surface area contributed by atoms with E-state index in [2.05, 4.69) is 18.7 Å². The molecule has 1 aromatic rings. The van der Waals surface area contributed by atoms with Crippen molar-refractivity contribution >= 4 is 0 Å². The minimum atomic E-state index is -0.208. The van der Waals surface area contributed by atoms with E-state index in [1.165, 1.54) is 6.07 Å². The second-order valence-corrected chi connectivity index (χ2v) is 3.79. The molecule has 1 rings (SSSR count). The van der Waals surface area contributed by atoms with Gasteiger partial charge < -0.3 is 9.64 Å². The lowest BCUT2D eigenvalue weighted by molar-refractivity contribution is 0.222. The number of halogens is 1. The molecule has 0 heterocycles. The highest BCUT2D eigenvalue weighted by Crippen LogP contribution is 2.15. The normalized spacial score (nSPS) is 10.8. The second kappa shape index (κ2) is 6.48. The van der Waals surface area contributed by atoms with E-state index >= 15 is 0 Å². The van der Waals surface area contributed by atoms with E-state index < -0.39 is 0 Å². The van der Waals surface area contributed by atoms with Crippen LogP contribution in [0.25, 0.3) is 0 Å². The van der Waals surface area contributed by atoms with E-state index in [-0.39, 0.29) is 5.82 Å². The maximum atomic E-state index is 13.2. The maximum absolute atomic E-state index is 13.2. The van der Waals surface area contributed by atoms with Crippen molar-refractivity contribution < 1.29 is 9.13 Å². The second-order valence-electron chi connectivity index (χ2n) is 3.79.